The molecule has 0 heterocycles. The van der Waals surface area contributed by atoms with Gasteiger partial charge in [-0.2, -0.15) is 0 Å². The van der Waals surface area contributed by atoms with Crippen molar-refractivity contribution < 1.29 is 32.9 Å². The van der Waals surface area contributed by atoms with Gasteiger partial charge in [0.2, 0.25) is 5.91 Å². The van der Waals surface area contributed by atoms with Crippen LogP contribution in [0.25, 0.3) is 0 Å². The van der Waals surface area contributed by atoms with Gasteiger partial charge in [0.1, 0.15) is 13.2 Å². The number of amides is 1. The lowest BCUT2D eigenvalue weighted by atomic mass is 10.0. The Kier molecular flexibility index (Phi) is 33.6. The highest BCUT2D eigenvalue weighted by Crippen LogP contribution is 2.38. The minimum atomic E-state index is -4.58. The fourth-order valence-corrected chi connectivity index (χ4v) is 6.43. The minimum Gasteiger partial charge on any atom is -0.756 e. The monoisotopic (exact) mass is 741 g/mol. The second-order valence-electron chi connectivity index (χ2n) is 15.3. The summed E-state index contributed by atoms with van der Waals surface area (Å²) in [6, 6.07) is -0.902. The summed E-state index contributed by atoms with van der Waals surface area (Å²) in [5.74, 6) is -0.231. The van der Waals surface area contributed by atoms with Crippen molar-refractivity contribution in [3.63, 3.8) is 0 Å². The van der Waals surface area contributed by atoms with Gasteiger partial charge in [0.05, 0.1) is 39.9 Å². The fourth-order valence-electron chi connectivity index (χ4n) is 5.71. The zero-order valence-electron chi connectivity index (χ0n) is 33.8. The Bertz CT molecular complexity index is 933. The quantitative estimate of drug-likeness (QED) is 0.0284. The summed E-state index contributed by atoms with van der Waals surface area (Å²) in [6.45, 7) is 4.47. The van der Waals surface area contributed by atoms with Crippen molar-refractivity contribution in [1.29, 1.82) is 0 Å². The van der Waals surface area contributed by atoms with Crippen LogP contribution in [0.15, 0.2) is 36.5 Å². The van der Waals surface area contributed by atoms with Crippen LogP contribution >= 0.6 is 7.82 Å². The van der Waals surface area contributed by atoms with E-state index in [2.05, 4.69) is 43.5 Å². The molecule has 0 radical (unpaired) electrons. The van der Waals surface area contributed by atoms with Crippen LogP contribution < -0.4 is 10.2 Å². The van der Waals surface area contributed by atoms with Crippen LogP contribution in [-0.4, -0.2) is 68.5 Å². The Labute approximate surface area is 315 Å². The van der Waals surface area contributed by atoms with Gasteiger partial charge < -0.3 is 28.8 Å². The first-order valence-electron chi connectivity index (χ1n) is 20.9. The van der Waals surface area contributed by atoms with E-state index >= 15 is 0 Å². The Morgan fingerprint density at radius 2 is 1.10 bits per heavy atom. The molecular formula is C42H81N2O6P. The standard InChI is InChI=1S/C42H81N2O6P/c1-6-8-10-12-13-14-15-16-17-18-19-20-21-22-23-24-25-26-27-28-29-30-31-32-33-35-41(45)40(43-42(46)36-34-11-9-7-2)39-50-51(47,48)49-38-37-44(3,4)5/h25-26,29-30,33,35,40-41,45H,6-24,27-28,31-32,34,36-39H2,1-5H3,(H-,43,46,47,48)/b26-25+,30-29+,35-33+. The van der Waals surface area contributed by atoms with Crippen molar-refractivity contribution >= 4 is 13.7 Å². The molecule has 0 spiro atoms. The summed E-state index contributed by atoms with van der Waals surface area (Å²) in [5, 5.41) is 13.5. The number of quaternary nitrogens is 1. The second-order valence-corrected chi connectivity index (χ2v) is 16.7. The molecule has 9 heteroatoms. The number of carbonyl (C=O) groups is 1. The van der Waals surface area contributed by atoms with Gasteiger partial charge in [-0.25, -0.2) is 0 Å². The molecule has 0 saturated carbocycles. The van der Waals surface area contributed by atoms with E-state index in [1.54, 1.807) is 6.08 Å². The summed E-state index contributed by atoms with van der Waals surface area (Å²) >= 11 is 0. The minimum absolute atomic E-state index is 0.00937. The predicted octanol–water partition coefficient (Wildman–Crippen LogP) is 10.5. The number of rotatable bonds is 37. The molecule has 51 heavy (non-hydrogen) atoms. The molecule has 0 aromatic rings. The molecule has 3 atom stereocenters. The molecule has 0 fully saturated rings. The van der Waals surface area contributed by atoms with Crippen LogP contribution in [0, 0.1) is 0 Å². The number of nitrogens with one attached hydrogen (secondary N) is 1. The summed E-state index contributed by atoms with van der Waals surface area (Å²) in [4.78, 5) is 24.8. The van der Waals surface area contributed by atoms with Crippen LogP contribution in [-0.2, 0) is 18.4 Å². The molecule has 2 N–H and O–H groups in total. The van der Waals surface area contributed by atoms with Gasteiger partial charge in [-0.05, 0) is 44.9 Å². The van der Waals surface area contributed by atoms with Crippen LogP contribution in [0.3, 0.4) is 0 Å². The maximum atomic E-state index is 12.5. The maximum Gasteiger partial charge on any atom is 0.268 e. The van der Waals surface area contributed by atoms with E-state index in [9.17, 15) is 19.4 Å². The average molecular weight is 741 g/mol. The number of hydrogen-bond donors (Lipinski definition) is 2. The zero-order chi connectivity index (χ0) is 37.9. The van der Waals surface area contributed by atoms with Gasteiger partial charge in [-0.3, -0.25) is 9.36 Å². The Hall–Kier alpha value is -1.28. The fraction of sp³-hybridized carbons (Fsp3) is 0.833. The first-order chi connectivity index (χ1) is 24.5. The number of phosphoric acid groups is 1. The third kappa shape index (κ3) is 36.9. The van der Waals surface area contributed by atoms with Crippen molar-refractivity contribution in [2.24, 2.45) is 0 Å². The normalized spacial score (nSPS) is 14.9. The van der Waals surface area contributed by atoms with E-state index < -0.39 is 26.6 Å². The number of aliphatic hydroxyl groups is 1. The van der Waals surface area contributed by atoms with Gasteiger partial charge >= 0.3 is 0 Å². The van der Waals surface area contributed by atoms with Gasteiger partial charge in [-0.1, -0.05) is 159 Å². The van der Waals surface area contributed by atoms with Crippen molar-refractivity contribution in [2.45, 2.75) is 187 Å². The third-order valence-electron chi connectivity index (χ3n) is 9.08. The molecule has 0 aliphatic carbocycles. The highest BCUT2D eigenvalue weighted by atomic mass is 31.2. The van der Waals surface area contributed by atoms with E-state index in [0.717, 1.165) is 51.4 Å². The van der Waals surface area contributed by atoms with Crippen molar-refractivity contribution in [3.05, 3.63) is 36.5 Å². The van der Waals surface area contributed by atoms with Gasteiger partial charge in [0.25, 0.3) is 7.82 Å². The summed E-state index contributed by atoms with van der Waals surface area (Å²) in [5.41, 5.74) is 0. The lowest BCUT2D eigenvalue weighted by molar-refractivity contribution is -0.870. The summed E-state index contributed by atoms with van der Waals surface area (Å²) in [7, 11) is 1.23. The number of likely N-dealkylation sites (N-methyl/N-ethyl adjacent to an activating group) is 1. The molecule has 300 valence electrons. The largest absolute Gasteiger partial charge is 0.756 e. The molecule has 0 aliphatic rings. The van der Waals surface area contributed by atoms with Crippen molar-refractivity contribution in [2.75, 3.05) is 40.9 Å². The Morgan fingerprint density at radius 3 is 1.59 bits per heavy atom. The molecule has 0 rings (SSSR count). The molecule has 0 saturated heterocycles. The molecule has 0 aliphatic heterocycles. The number of hydrogen-bond acceptors (Lipinski definition) is 6. The van der Waals surface area contributed by atoms with E-state index in [-0.39, 0.29) is 12.5 Å². The van der Waals surface area contributed by atoms with E-state index in [1.165, 1.54) is 103 Å². The Balaban J connectivity index is 4.17. The summed E-state index contributed by atoms with van der Waals surface area (Å²) < 4.78 is 22.9. The van der Waals surface area contributed by atoms with Crippen molar-refractivity contribution in [3.8, 4) is 0 Å². The van der Waals surface area contributed by atoms with Crippen LogP contribution in [0.1, 0.15) is 174 Å². The third-order valence-corrected chi connectivity index (χ3v) is 10.0. The SMILES string of the molecule is CCCCCCCCCCCCCCCCC/C=C/CC/C=C/CC/C=C/C(O)C(COP(=O)([O-])OCC[N+](C)(C)C)NC(=O)CCCCCC. The molecule has 1 amide bonds. The average Bonchev–Trinajstić information content (AvgIpc) is 3.07. The van der Waals surface area contributed by atoms with E-state index in [0.29, 0.717) is 17.4 Å². The topological polar surface area (TPSA) is 108 Å². The van der Waals surface area contributed by atoms with E-state index in [1.807, 2.05) is 27.2 Å². The van der Waals surface area contributed by atoms with Gasteiger partial charge in [0, 0.05) is 6.42 Å². The van der Waals surface area contributed by atoms with Gasteiger partial charge in [-0.15, -0.1) is 0 Å². The molecule has 0 bridgehead atoms. The number of carbonyl (C=O) groups excluding carboxylic acids is 1. The van der Waals surface area contributed by atoms with Crippen LogP contribution in [0.2, 0.25) is 0 Å². The maximum absolute atomic E-state index is 12.5. The number of nitrogens with zero attached hydrogens (tertiary/aromatic N) is 1. The molecule has 0 aromatic heterocycles. The zero-order valence-corrected chi connectivity index (χ0v) is 34.7. The highest BCUT2D eigenvalue weighted by molar-refractivity contribution is 7.45. The molecule has 0 aromatic carbocycles. The summed E-state index contributed by atoms with van der Waals surface area (Å²) in [6.07, 6.45) is 41.3. The second kappa shape index (κ2) is 34.5. The molecule has 3 unspecified atom stereocenters. The number of phosphoric ester groups is 1. The number of allylic oxidation sites excluding steroid dienone is 5. The van der Waals surface area contributed by atoms with Crippen molar-refractivity contribution in [1.82, 2.24) is 5.32 Å². The van der Waals surface area contributed by atoms with Crippen LogP contribution in [0.4, 0.5) is 0 Å². The van der Waals surface area contributed by atoms with Gasteiger partial charge in [0.15, 0.2) is 0 Å². The first-order valence-corrected chi connectivity index (χ1v) is 22.3. The molecular weight excluding hydrogens is 659 g/mol. The lowest BCUT2D eigenvalue weighted by Crippen LogP contribution is -2.45. The van der Waals surface area contributed by atoms with E-state index in [4.69, 9.17) is 9.05 Å². The number of unbranched alkanes of at least 4 members (excludes halogenated alkanes) is 20. The Morgan fingerprint density at radius 1 is 0.667 bits per heavy atom. The van der Waals surface area contributed by atoms with Crippen LogP contribution in [0.5, 0.6) is 0 Å². The lowest BCUT2D eigenvalue weighted by Gasteiger charge is -2.29. The predicted molar refractivity (Wildman–Crippen MR) is 215 cm³/mol. The smallest absolute Gasteiger partial charge is 0.268 e. The molecule has 8 nitrogen and oxygen atoms in total. The highest BCUT2D eigenvalue weighted by Gasteiger charge is 2.23. The first kappa shape index (κ1) is 49.7. The number of aliphatic hydroxyl groups excluding tert-OH is 1.